The van der Waals surface area contributed by atoms with Gasteiger partial charge in [0.05, 0.1) is 11.9 Å². The molecule has 2 aromatic rings. The number of amides is 2. The summed E-state index contributed by atoms with van der Waals surface area (Å²) in [4.78, 5) is 27.8. The zero-order valence-electron chi connectivity index (χ0n) is 21.8. The molecule has 0 fully saturated rings. The van der Waals surface area contributed by atoms with Gasteiger partial charge in [0.25, 0.3) is 0 Å². The van der Waals surface area contributed by atoms with E-state index in [1.165, 1.54) is 10.6 Å². The van der Waals surface area contributed by atoms with Crippen LogP contribution < -0.4 is 9.62 Å². The molecule has 0 radical (unpaired) electrons. The highest BCUT2D eigenvalue weighted by molar-refractivity contribution is 7.92. The summed E-state index contributed by atoms with van der Waals surface area (Å²) < 4.78 is 26.4. The molecule has 35 heavy (non-hydrogen) atoms. The van der Waals surface area contributed by atoms with Gasteiger partial charge in [0, 0.05) is 26.1 Å². The van der Waals surface area contributed by atoms with Crippen LogP contribution in [-0.2, 0) is 26.2 Å². The quantitative estimate of drug-likeness (QED) is 0.474. The van der Waals surface area contributed by atoms with E-state index in [1.807, 2.05) is 77.1 Å². The Bertz CT molecular complexity index is 1110. The number of carbonyl (C=O) groups is 2. The molecule has 2 amide bonds. The summed E-state index contributed by atoms with van der Waals surface area (Å²) in [5, 5.41) is 2.83. The minimum absolute atomic E-state index is 0.137. The molecule has 192 valence electrons. The molecule has 1 N–H and O–H groups in total. The van der Waals surface area contributed by atoms with Crippen molar-refractivity contribution in [2.24, 2.45) is 0 Å². The van der Waals surface area contributed by atoms with Crippen LogP contribution in [-0.4, -0.2) is 50.5 Å². The normalized spacial score (nSPS) is 12.2. The van der Waals surface area contributed by atoms with Crippen LogP contribution in [0, 0.1) is 20.8 Å². The Morgan fingerprint density at radius 2 is 1.63 bits per heavy atom. The number of aryl methyl sites for hydroxylation is 3. The molecule has 1 atom stereocenters. The second-order valence-electron chi connectivity index (χ2n) is 9.11. The molecule has 0 saturated heterocycles. The number of likely N-dealkylation sites (N-methyl/N-ethyl adjacent to an activating group) is 1. The van der Waals surface area contributed by atoms with Gasteiger partial charge in [-0.3, -0.25) is 13.9 Å². The Balaban J connectivity index is 2.23. The summed E-state index contributed by atoms with van der Waals surface area (Å²) >= 11 is 0. The van der Waals surface area contributed by atoms with Crippen molar-refractivity contribution in [3.05, 3.63) is 64.7 Å². The molecule has 0 aliphatic heterocycles. The lowest BCUT2D eigenvalue weighted by molar-refractivity contribution is -0.141. The summed E-state index contributed by atoms with van der Waals surface area (Å²) in [5.74, 6) is -0.345. The van der Waals surface area contributed by atoms with Crippen LogP contribution in [0.1, 0.15) is 55.4 Å². The number of carbonyl (C=O) groups excluding carboxylic acids is 2. The number of hydrogen-bond donors (Lipinski definition) is 1. The summed E-state index contributed by atoms with van der Waals surface area (Å²) in [6, 6.07) is 13.0. The number of hydrogen-bond acceptors (Lipinski definition) is 4. The fourth-order valence-corrected chi connectivity index (χ4v) is 5.27. The monoisotopic (exact) mass is 501 g/mol. The van der Waals surface area contributed by atoms with E-state index < -0.39 is 16.1 Å². The van der Waals surface area contributed by atoms with E-state index in [0.29, 0.717) is 31.6 Å². The maximum absolute atomic E-state index is 13.4. The number of sulfonamides is 1. The van der Waals surface area contributed by atoms with Crippen LogP contribution in [0.3, 0.4) is 0 Å². The summed E-state index contributed by atoms with van der Waals surface area (Å²) in [6.45, 7) is 10.6. The molecule has 0 saturated carbocycles. The average Bonchev–Trinajstić information content (AvgIpc) is 2.75. The average molecular weight is 502 g/mol. The van der Waals surface area contributed by atoms with Gasteiger partial charge in [-0.2, -0.15) is 0 Å². The van der Waals surface area contributed by atoms with Gasteiger partial charge in [0.2, 0.25) is 21.8 Å². The lowest BCUT2D eigenvalue weighted by Gasteiger charge is -2.31. The predicted molar refractivity (Wildman–Crippen MR) is 142 cm³/mol. The minimum Gasteiger partial charge on any atom is -0.355 e. The van der Waals surface area contributed by atoms with E-state index in [0.717, 1.165) is 22.3 Å². The van der Waals surface area contributed by atoms with Gasteiger partial charge in [-0.1, -0.05) is 42.8 Å². The van der Waals surface area contributed by atoms with E-state index in [-0.39, 0.29) is 24.8 Å². The Morgan fingerprint density at radius 1 is 0.971 bits per heavy atom. The number of nitrogens with zero attached hydrogens (tertiary/aromatic N) is 2. The van der Waals surface area contributed by atoms with Crippen LogP contribution in [0.4, 0.5) is 5.69 Å². The van der Waals surface area contributed by atoms with E-state index in [9.17, 15) is 18.0 Å². The third-order valence-corrected chi connectivity index (χ3v) is 7.01. The smallest absolute Gasteiger partial charge is 0.242 e. The van der Waals surface area contributed by atoms with E-state index >= 15 is 0 Å². The zero-order chi connectivity index (χ0) is 26.2. The standard InChI is InChI=1S/C27H39N3O4S/c1-7-25(27(32)28-8-2)29(19-23-12-9-11-20(3)16-23)26(31)13-10-14-30(35(6,33)34)24-17-21(4)15-22(5)18-24/h9,11-12,15-18,25H,7-8,10,13-14,19H2,1-6H3,(H,28,32)/t25-/m1/s1. The third-order valence-electron chi connectivity index (χ3n) is 5.82. The molecule has 0 aliphatic rings. The summed E-state index contributed by atoms with van der Waals surface area (Å²) in [5.41, 5.74) is 4.58. The Kier molecular flexibility index (Phi) is 10.3. The molecule has 0 unspecified atom stereocenters. The fraction of sp³-hybridized carbons (Fsp3) is 0.481. The molecule has 2 rings (SSSR count). The van der Waals surface area contributed by atoms with E-state index in [1.54, 1.807) is 4.90 Å². The second kappa shape index (κ2) is 12.7. The van der Waals surface area contributed by atoms with Crippen LogP contribution in [0.5, 0.6) is 0 Å². The third kappa shape index (κ3) is 8.38. The Hall–Kier alpha value is -2.87. The summed E-state index contributed by atoms with van der Waals surface area (Å²) in [7, 11) is -3.52. The molecule has 0 aromatic heterocycles. The topological polar surface area (TPSA) is 86.8 Å². The first-order valence-corrected chi connectivity index (χ1v) is 14.0. The molecule has 2 aromatic carbocycles. The first kappa shape index (κ1) is 28.4. The van der Waals surface area contributed by atoms with Crippen LogP contribution in [0.15, 0.2) is 42.5 Å². The maximum Gasteiger partial charge on any atom is 0.242 e. The zero-order valence-corrected chi connectivity index (χ0v) is 22.6. The van der Waals surface area contributed by atoms with Crippen LogP contribution in [0.2, 0.25) is 0 Å². The van der Waals surface area contributed by atoms with E-state index in [4.69, 9.17) is 0 Å². The van der Waals surface area contributed by atoms with Gasteiger partial charge in [-0.25, -0.2) is 8.42 Å². The molecule has 0 spiro atoms. The van der Waals surface area contributed by atoms with Gasteiger partial charge in [-0.15, -0.1) is 0 Å². The van der Waals surface area contributed by atoms with Crippen molar-refractivity contribution in [1.29, 1.82) is 0 Å². The molecular formula is C27H39N3O4S. The van der Waals surface area contributed by atoms with Crippen molar-refractivity contribution in [3.8, 4) is 0 Å². The van der Waals surface area contributed by atoms with Crippen molar-refractivity contribution < 1.29 is 18.0 Å². The first-order valence-electron chi connectivity index (χ1n) is 12.1. The lowest BCUT2D eigenvalue weighted by atomic mass is 10.1. The maximum atomic E-state index is 13.4. The lowest BCUT2D eigenvalue weighted by Crippen LogP contribution is -2.49. The Morgan fingerprint density at radius 3 is 2.17 bits per heavy atom. The van der Waals surface area contributed by atoms with Gasteiger partial charge < -0.3 is 10.2 Å². The molecule has 0 heterocycles. The van der Waals surface area contributed by atoms with Crippen molar-refractivity contribution in [1.82, 2.24) is 10.2 Å². The Labute approximate surface area is 210 Å². The van der Waals surface area contributed by atoms with Crippen LogP contribution >= 0.6 is 0 Å². The molecule has 0 aliphatic carbocycles. The van der Waals surface area contributed by atoms with Gasteiger partial charge in [0.15, 0.2) is 0 Å². The highest BCUT2D eigenvalue weighted by Crippen LogP contribution is 2.22. The first-order chi connectivity index (χ1) is 16.5. The van der Waals surface area contributed by atoms with Gasteiger partial charge in [0.1, 0.15) is 6.04 Å². The minimum atomic E-state index is -3.52. The van der Waals surface area contributed by atoms with Crippen molar-refractivity contribution >= 4 is 27.5 Å². The SMILES string of the molecule is CCNC(=O)[C@@H](CC)N(Cc1cccc(C)c1)C(=O)CCCN(c1cc(C)cc(C)c1)S(C)(=O)=O. The second-order valence-corrected chi connectivity index (χ2v) is 11.0. The number of nitrogens with one attached hydrogen (secondary N) is 1. The fourth-order valence-electron chi connectivity index (χ4n) is 4.32. The van der Waals surface area contributed by atoms with Crippen molar-refractivity contribution in [2.75, 3.05) is 23.7 Å². The molecule has 0 bridgehead atoms. The molecular weight excluding hydrogens is 462 g/mol. The number of anilines is 1. The largest absolute Gasteiger partial charge is 0.355 e. The highest BCUT2D eigenvalue weighted by Gasteiger charge is 2.28. The molecule has 8 heteroatoms. The van der Waals surface area contributed by atoms with Crippen LogP contribution in [0.25, 0.3) is 0 Å². The van der Waals surface area contributed by atoms with Gasteiger partial charge in [-0.05, 0) is 69.4 Å². The highest BCUT2D eigenvalue weighted by atomic mass is 32.2. The molecule has 7 nitrogen and oxygen atoms in total. The van der Waals surface area contributed by atoms with Crippen molar-refractivity contribution in [2.45, 2.75) is 66.5 Å². The predicted octanol–water partition coefficient (Wildman–Crippen LogP) is 4.10. The van der Waals surface area contributed by atoms with E-state index in [2.05, 4.69) is 5.32 Å². The van der Waals surface area contributed by atoms with Crippen molar-refractivity contribution in [3.63, 3.8) is 0 Å². The van der Waals surface area contributed by atoms with Gasteiger partial charge >= 0.3 is 0 Å². The summed E-state index contributed by atoms with van der Waals surface area (Å²) in [6.07, 6.45) is 2.15. The number of benzene rings is 2. The number of rotatable bonds is 12.